The van der Waals surface area contributed by atoms with Crippen molar-refractivity contribution in [2.45, 2.75) is 30.7 Å². The molecule has 0 aliphatic carbocycles. The van der Waals surface area contributed by atoms with E-state index in [1.54, 1.807) is 0 Å². The molecule has 1 fully saturated rings. The van der Waals surface area contributed by atoms with Crippen LogP contribution >= 0.6 is 0 Å². The van der Waals surface area contributed by atoms with E-state index in [0.717, 1.165) is 0 Å². The molecule has 0 bridgehead atoms. The Kier molecular flexibility index (Phi) is 5.25. The highest BCUT2D eigenvalue weighted by atomic mass is 16.7. The van der Waals surface area contributed by atoms with Crippen LogP contribution in [-0.2, 0) is 19.0 Å². The predicted octanol–water partition coefficient (Wildman–Crippen LogP) is -3.02. The molecule has 1 aliphatic rings. The lowest BCUT2D eigenvalue weighted by atomic mass is 9.99. The van der Waals surface area contributed by atoms with Crippen molar-refractivity contribution < 1.29 is 39.4 Å². The number of aliphatic hydroxyl groups is 4. The Labute approximate surface area is 97.3 Å². The summed E-state index contributed by atoms with van der Waals surface area (Å²) in [6.07, 6.45) is -6.87. The third-order valence-electron chi connectivity index (χ3n) is 2.44. The van der Waals surface area contributed by atoms with E-state index >= 15 is 0 Å². The zero-order valence-electron chi connectivity index (χ0n) is 9.22. The maximum atomic E-state index is 10.8. The molecule has 0 amide bonds. The van der Waals surface area contributed by atoms with Crippen molar-refractivity contribution in [1.29, 1.82) is 0 Å². The molecule has 1 heterocycles. The second-order valence-electron chi connectivity index (χ2n) is 3.58. The van der Waals surface area contributed by atoms with Gasteiger partial charge in [-0.3, -0.25) is 0 Å². The van der Waals surface area contributed by atoms with Gasteiger partial charge in [-0.05, 0) is 0 Å². The van der Waals surface area contributed by atoms with E-state index < -0.39 is 49.9 Å². The number of esters is 1. The zero-order chi connectivity index (χ0) is 13.0. The molecule has 2 unspecified atom stereocenters. The number of carbonyl (C=O) groups excluding carboxylic acids is 1. The van der Waals surface area contributed by atoms with E-state index in [4.69, 9.17) is 14.6 Å². The Bertz CT molecular complexity index is 255. The van der Waals surface area contributed by atoms with Crippen molar-refractivity contribution in [3.8, 4) is 0 Å². The van der Waals surface area contributed by atoms with Crippen LogP contribution in [0.3, 0.4) is 0 Å². The molecule has 5 atom stereocenters. The summed E-state index contributed by atoms with van der Waals surface area (Å²) in [7, 11) is 1.17. The molecule has 1 aliphatic heterocycles. The highest BCUT2D eigenvalue weighted by Gasteiger charge is 2.44. The maximum absolute atomic E-state index is 10.8. The van der Waals surface area contributed by atoms with Crippen LogP contribution in [0.25, 0.3) is 0 Å². The molecule has 0 aromatic rings. The molecular weight excluding hydrogens is 236 g/mol. The van der Waals surface area contributed by atoms with E-state index in [-0.39, 0.29) is 0 Å². The average Bonchev–Trinajstić information content (AvgIpc) is 2.34. The first-order valence-electron chi connectivity index (χ1n) is 5.00. The fourth-order valence-corrected chi connectivity index (χ4v) is 1.41. The molecule has 8 nitrogen and oxygen atoms in total. The van der Waals surface area contributed by atoms with E-state index in [2.05, 4.69) is 4.74 Å². The summed E-state index contributed by atoms with van der Waals surface area (Å²) < 4.78 is 14.2. The first-order chi connectivity index (χ1) is 8.01. The van der Waals surface area contributed by atoms with Crippen LogP contribution in [0, 0.1) is 0 Å². The van der Waals surface area contributed by atoms with Gasteiger partial charge in [-0.2, -0.15) is 0 Å². The molecule has 0 saturated carbocycles. The van der Waals surface area contributed by atoms with Crippen molar-refractivity contribution >= 4 is 5.97 Å². The quantitative estimate of drug-likeness (QED) is 0.389. The molecule has 4 N–H and O–H groups in total. The standard InChI is InChI=1S/C9H16O8/c1-15-5(11)3-16-9-8(14)7(13)6(12)4(2-10)17-9/h4,6-10,12-14H,2-3H2,1H3/t4?,6-,7+,8?,9-/m1/s1. The van der Waals surface area contributed by atoms with E-state index in [9.17, 15) is 20.1 Å². The Hall–Kier alpha value is -0.770. The summed E-state index contributed by atoms with van der Waals surface area (Å²) in [4.78, 5) is 10.8. The molecule has 0 radical (unpaired) electrons. The summed E-state index contributed by atoms with van der Waals surface area (Å²) in [6.45, 7) is -1.03. The largest absolute Gasteiger partial charge is 0.467 e. The number of rotatable bonds is 4. The van der Waals surface area contributed by atoms with Gasteiger partial charge in [0.05, 0.1) is 13.7 Å². The molecule has 0 aromatic carbocycles. The fraction of sp³-hybridized carbons (Fsp3) is 0.889. The van der Waals surface area contributed by atoms with Crippen molar-refractivity contribution in [3.05, 3.63) is 0 Å². The van der Waals surface area contributed by atoms with Gasteiger partial charge in [0.25, 0.3) is 0 Å². The van der Waals surface area contributed by atoms with Gasteiger partial charge in [0.15, 0.2) is 6.29 Å². The number of aliphatic hydroxyl groups excluding tert-OH is 4. The second-order valence-corrected chi connectivity index (χ2v) is 3.58. The van der Waals surface area contributed by atoms with Crippen molar-refractivity contribution in [2.24, 2.45) is 0 Å². The lowest BCUT2D eigenvalue weighted by Gasteiger charge is -2.39. The molecule has 0 aromatic heterocycles. The summed E-state index contributed by atoms with van der Waals surface area (Å²) >= 11 is 0. The topological polar surface area (TPSA) is 126 Å². The summed E-state index contributed by atoms with van der Waals surface area (Å²) in [5.41, 5.74) is 0. The first kappa shape index (κ1) is 14.3. The van der Waals surface area contributed by atoms with Crippen molar-refractivity contribution in [1.82, 2.24) is 0 Å². The van der Waals surface area contributed by atoms with Gasteiger partial charge in [0, 0.05) is 0 Å². The Morgan fingerprint density at radius 2 is 1.88 bits per heavy atom. The monoisotopic (exact) mass is 252 g/mol. The minimum atomic E-state index is -1.52. The smallest absolute Gasteiger partial charge is 0.331 e. The van der Waals surface area contributed by atoms with E-state index in [1.807, 2.05) is 0 Å². The van der Waals surface area contributed by atoms with Gasteiger partial charge < -0.3 is 34.6 Å². The molecule has 1 rings (SSSR count). The van der Waals surface area contributed by atoms with Crippen LogP contribution in [-0.4, -0.2) is 77.4 Å². The third kappa shape index (κ3) is 3.35. The lowest BCUT2D eigenvalue weighted by Crippen LogP contribution is -2.59. The average molecular weight is 252 g/mol. The third-order valence-corrected chi connectivity index (χ3v) is 2.44. The van der Waals surface area contributed by atoms with Gasteiger partial charge in [-0.15, -0.1) is 0 Å². The number of hydrogen-bond donors (Lipinski definition) is 4. The van der Waals surface area contributed by atoms with Crippen LogP contribution < -0.4 is 0 Å². The molecular formula is C9H16O8. The second kappa shape index (κ2) is 6.24. The molecule has 8 heteroatoms. The number of ether oxygens (including phenoxy) is 3. The van der Waals surface area contributed by atoms with E-state index in [1.165, 1.54) is 7.11 Å². The summed E-state index contributed by atoms with van der Waals surface area (Å²) in [6, 6.07) is 0. The Morgan fingerprint density at radius 3 is 2.41 bits per heavy atom. The predicted molar refractivity (Wildman–Crippen MR) is 51.7 cm³/mol. The Balaban J connectivity index is 2.56. The SMILES string of the molecule is COC(=O)CO[C@@H]1OC(CO)[C@@H](O)[C@H](O)C1O. The molecule has 100 valence electrons. The number of carbonyl (C=O) groups is 1. The minimum Gasteiger partial charge on any atom is -0.467 e. The zero-order valence-corrected chi connectivity index (χ0v) is 9.22. The van der Waals surface area contributed by atoms with Crippen LogP contribution in [0.15, 0.2) is 0 Å². The first-order valence-corrected chi connectivity index (χ1v) is 5.00. The van der Waals surface area contributed by atoms with Crippen molar-refractivity contribution in [3.63, 3.8) is 0 Å². The Morgan fingerprint density at radius 1 is 1.24 bits per heavy atom. The normalized spacial score (nSPS) is 37.8. The van der Waals surface area contributed by atoms with Crippen LogP contribution in [0.5, 0.6) is 0 Å². The summed E-state index contributed by atoms with van der Waals surface area (Å²) in [5, 5.41) is 37.3. The van der Waals surface area contributed by atoms with Gasteiger partial charge in [-0.1, -0.05) is 0 Å². The van der Waals surface area contributed by atoms with Crippen LogP contribution in [0.1, 0.15) is 0 Å². The molecule has 1 saturated heterocycles. The van der Waals surface area contributed by atoms with Gasteiger partial charge in [-0.25, -0.2) is 4.79 Å². The van der Waals surface area contributed by atoms with Crippen molar-refractivity contribution in [2.75, 3.05) is 20.3 Å². The maximum Gasteiger partial charge on any atom is 0.331 e. The number of methoxy groups -OCH3 is 1. The van der Waals surface area contributed by atoms with Gasteiger partial charge >= 0.3 is 5.97 Å². The fourth-order valence-electron chi connectivity index (χ4n) is 1.41. The van der Waals surface area contributed by atoms with E-state index in [0.29, 0.717) is 0 Å². The molecule has 0 spiro atoms. The molecule has 17 heavy (non-hydrogen) atoms. The van der Waals surface area contributed by atoms with Gasteiger partial charge in [0.2, 0.25) is 0 Å². The number of hydrogen-bond acceptors (Lipinski definition) is 8. The lowest BCUT2D eigenvalue weighted by molar-refractivity contribution is -0.300. The highest BCUT2D eigenvalue weighted by molar-refractivity contribution is 5.70. The van der Waals surface area contributed by atoms with Gasteiger partial charge in [0.1, 0.15) is 31.0 Å². The van der Waals surface area contributed by atoms with Crippen LogP contribution in [0.4, 0.5) is 0 Å². The summed E-state index contributed by atoms with van der Waals surface area (Å²) in [5.74, 6) is -0.679. The minimum absolute atomic E-state index is 0.473. The van der Waals surface area contributed by atoms with Crippen LogP contribution in [0.2, 0.25) is 0 Å². The highest BCUT2D eigenvalue weighted by Crippen LogP contribution is 2.21.